The van der Waals surface area contributed by atoms with Gasteiger partial charge in [0.15, 0.2) is 0 Å². The molecule has 1 heterocycles. The molecular formula is C14H18N2O3. The third kappa shape index (κ3) is 4.91. The molecule has 0 fully saturated rings. The van der Waals surface area contributed by atoms with Crippen LogP contribution in [0.1, 0.15) is 30.6 Å². The highest BCUT2D eigenvalue weighted by Crippen LogP contribution is 2.03. The molecule has 1 aromatic heterocycles. The summed E-state index contributed by atoms with van der Waals surface area (Å²) in [4.78, 5) is 27.4. The van der Waals surface area contributed by atoms with E-state index in [1.165, 1.54) is 19.5 Å². The summed E-state index contributed by atoms with van der Waals surface area (Å²) in [6.07, 6.45) is 5.34. The molecule has 0 saturated heterocycles. The molecule has 1 N–H and O–H groups in total. The van der Waals surface area contributed by atoms with E-state index in [1.54, 1.807) is 12.1 Å². The maximum absolute atomic E-state index is 12.0. The molecule has 0 aliphatic rings. The number of nitrogens with one attached hydrogen (secondary N) is 1. The van der Waals surface area contributed by atoms with Crippen molar-refractivity contribution in [3.05, 3.63) is 41.7 Å². The van der Waals surface area contributed by atoms with E-state index in [4.69, 9.17) is 0 Å². The van der Waals surface area contributed by atoms with Crippen molar-refractivity contribution in [2.75, 3.05) is 7.11 Å². The maximum atomic E-state index is 12.0. The Bertz CT molecular complexity index is 465. The highest BCUT2D eigenvalue weighted by Gasteiger charge is 2.20. The van der Waals surface area contributed by atoms with Gasteiger partial charge < -0.3 is 10.1 Å². The van der Waals surface area contributed by atoms with Crippen molar-refractivity contribution >= 4 is 11.9 Å². The van der Waals surface area contributed by atoms with E-state index in [0.29, 0.717) is 12.0 Å². The van der Waals surface area contributed by atoms with Gasteiger partial charge in [0.25, 0.3) is 5.91 Å². The Morgan fingerprint density at radius 2 is 2.00 bits per heavy atom. The molecule has 0 saturated carbocycles. The third-order valence-corrected chi connectivity index (χ3v) is 2.50. The van der Waals surface area contributed by atoms with Crippen LogP contribution in [-0.4, -0.2) is 30.0 Å². The summed E-state index contributed by atoms with van der Waals surface area (Å²) < 4.78 is 4.69. The van der Waals surface area contributed by atoms with Gasteiger partial charge in [-0.05, 0) is 32.4 Å². The molecule has 5 nitrogen and oxygen atoms in total. The van der Waals surface area contributed by atoms with Crippen molar-refractivity contribution in [1.82, 2.24) is 10.3 Å². The van der Waals surface area contributed by atoms with Crippen LogP contribution in [0.4, 0.5) is 0 Å². The van der Waals surface area contributed by atoms with Gasteiger partial charge in [-0.1, -0.05) is 11.6 Å². The Balaban J connectivity index is 2.75. The highest BCUT2D eigenvalue weighted by atomic mass is 16.5. The number of pyridine rings is 1. The molecule has 102 valence electrons. The topological polar surface area (TPSA) is 68.3 Å². The van der Waals surface area contributed by atoms with Crippen molar-refractivity contribution in [1.29, 1.82) is 0 Å². The van der Waals surface area contributed by atoms with E-state index in [0.717, 1.165) is 5.57 Å². The van der Waals surface area contributed by atoms with Gasteiger partial charge in [0.1, 0.15) is 6.04 Å². The maximum Gasteiger partial charge on any atom is 0.328 e. The number of methoxy groups -OCH3 is 1. The Hall–Kier alpha value is -2.17. The van der Waals surface area contributed by atoms with Crippen LogP contribution in [0.3, 0.4) is 0 Å². The van der Waals surface area contributed by atoms with Gasteiger partial charge >= 0.3 is 5.97 Å². The first-order valence-corrected chi connectivity index (χ1v) is 5.96. The van der Waals surface area contributed by atoms with Crippen LogP contribution in [0.2, 0.25) is 0 Å². The summed E-state index contributed by atoms with van der Waals surface area (Å²) in [5.74, 6) is -0.778. The standard InChI is InChI=1S/C14H18N2O3/c1-10(2)4-5-12(14(18)19-3)16-13(17)11-6-8-15-9-7-11/h4,6-9,12H,5H2,1-3H3,(H,16,17)/t12-/m0/s1. The Morgan fingerprint density at radius 1 is 1.37 bits per heavy atom. The van der Waals surface area contributed by atoms with E-state index in [-0.39, 0.29) is 5.91 Å². The zero-order chi connectivity index (χ0) is 14.3. The Kier molecular flexibility index (Phi) is 5.73. The van der Waals surface area contributed by atoms with Crippen molar-refractivity contribution in [2.24, 2.45) is 0 Å². The summed E-state index contributed by atoms with van der Waals surface area (Å²) in [5, 5.41) is 2.65. The Labute approximate surface area is 112 Å². The summed E-state index contributed by atoms with van der Waals surface area (Å²) in [6, 6.07) is 2.50. The molecule has 19 heavy (non-hydrogen) atoms. The number of esters is 1. The van der Waals surface area contributed by atoms with Crippen LogP contribution >= 0.6 is 0 Å². The molecule has 1 aromatic rings. The zero-order valence-electron chi connectivity index (χ0n) is 11.3. The number of ether oxygens (including phenoxy) is 1. The number of rotatable bonds is 5. The summed E-state index contributed by atoms with van der Waals surface area (Å²) in [5.41, 5.74) is 1.54. The minimum atomic E-state index is -0.680. The van der Waals surface area contributed by atoms with Gasteiger partial charge in [0.2, 0.25) is 0 Å². The number of hydrogen-bond donors (Lipinski definition) is 1. The van der Waals surface area contributed by atoms with Crippen LogP contribution < -0.4 is 5.32 Å². The highest BCUT2D eigenvalue weighted by molar-refractivity contribution is 5.96. The lowest BCUT2D eigenvalue weighted by molar-refractivity contribution is -0.142. The van der Waals surface area contributed by atoms with Crippen molar-refractivity contribution in [2.45, 2.75) is 26.3 Å². The van der Waals surface area contributed by atoms with Gasteiger partial charge in [-0.15, -0.1) is 0 Å². The normalized spacial score (nSPS) is 11.3. The first-order valence-electron chi connectivity index (χ1n) is 5.96. The number of carbonyl (C=O) groups is 2. The van der Waals surface area contributed by atoms with E-state index in [1.807, 2.05) is 19.9 Å². The monoisotopic (exact) mass is 262 g/mol. The van der Waals surface area contributed by atoms with Crippen molar-refractivity contribution in [3.63, 3.8) is 0 Å². The quantitative estimate of drug-likeness (QED) is 0.648. The van der Waals surface area contributed by atoms with Crippen LogP contribution in [0.5, 0.6) is 0 Å². The van der Waals surface area contributed by atoms with E-state index in [2.05, 4.69) is 15.0 Å². The lowest BCUT2D eigenvalue weighted by Gasteiger charge is -2.15. The number of amides is 1. The fourth-order valence-electron chi connectivity index (χ4n) is 1.45. The third-order valence-electron chi connectivity index (χ3n) is 2.50. The number of nitrogens with zero attached hydrogens (tertiary/aromatic N) is 1. The molecule has 0 aliphatic carbocycles. The SMILES string of the molecule is COC(=O)[C@H](CC=C(C)C)NC(=O)c1ccncc1. The van der Waals surface area contributed by atoms with Crippen LogP contribution in [-0.2, 0) is 9.53 Å². The molecule has 0 aromatic carbocycles. The second-order valence-electron chi connectivity index (χ2n) is 4.30. The first-order chi connectivity index (χ1) is 9.04. The fourth-order valence-corrected chi connectivity index (χ4v) is 1.45. The van der Waals surface area contributed by atoms with Gasteiger partial charge in [0.05, 0.1) is 7.11 Å². The number of carbonyl (C=O) groups excluding carboxylic acids is 2. The van der Waals surface area contributed by atoms with E-state index >= 15 is 0 Å². The zero-order valence-corrected chi connectivity index (χ0v) is 11.3. The fraction of sp³-hybridized carbons (Fsp3) is 0.357. The average molecular weight is 262 g/mol. The minimum absolute atomic E-state index is 0.319. The molecule has 0 bridgehead atoms. The Morgan fingerprint density at radius 3 is 2.53 bits per heavy atom. The lowest BCUT2D eigenvalue weighted by atomic mass is 10.1. The molecule has 0 radical (unpaired) electrons. The largest absolute Gasteiger partial charge is 0.467 e. The van der Waals surface area contributed by atoms with E-state index in [9.17, 15) is 9.59 Å². The number of hydrogen-bond acceptors (Lipinski definition) is 4. The van der Waals surface area contributed by atoms with E-state index < -0.39 is 12.0 Å². The average Bonchev–Trinajstić information content (AvgIpc) is 2.43. The smallest absolute Gasteiger partial charge is 0.328 e. The van der Waals surface area contributed by atoms with Crippen LogP contribution in [0, 0.1) is 0 Å². The molecule has 1 rings (SSSR count). The first kappa shape index (κ1) is 14.9. The van der Waals surface area contributed by atoms with Crippen LogP contribution in [0.25, 0.3) is 0 Å². The summed E-state index contributed by atoms with van der Waals surface area (Å²) >= 11 is 0. The molecular weight excluding hydrogens is 244 g/mol. The van der Waals surface area contributed by atoms with Gasteiger partial charge in [-0.3, -0.25) is 9.78 Å². The molecule has 1 atom stereocenters. The van der Waals surface area contributed by atoms with Crippen LogP contribution in [0.15, 0.2) is 36.2 Å². The molecule has 0 spiro atoms. The predicted molar refractivity (Wildman–Crippen MR) is 71.6 cm³/mol. The number of aromatic nitrogens is 1. The minimum Gasteiger partial charge on any atom is -0.467 e. The predicted octanol–water partition coefficient (Wildman–Crippen LogP) is 1.71. The summed E-state index contributed by atoms with van der Waals surface area (Å²) in [7, 11) is 1.30. The van der Waals surface area contributed by atoms with Crippen molar-refractivity contribution < 1.29 is 14.3 Å². The number of allylic oxidation sites excluding steroid dienone is 1. The van der Waals surface area contributed by atoms with Gasteiger partial charge in [-0.2, -0.15) is 0 Å². The molecule has 0 aliphatic heterocycles. The van der Waals surface area contributed by atoms with Gasteiger partial charge in [-0.25, -0.2) is 4.79 Å². The second-order valence-corrected chi connectivity index (χ2v) is 4.30. The molecule has 0 unspecified atom stereocenters. The summed E-state index contributed by atoms with van der Waals surface area (Å²) in [6.45, 7) is 3.86. The second kappa shape index (κ2) is 7.31. The van der Waals surface area contributed by atoms with Crippen molar-refractivity contribution in [3.8, 4) is 0 Å². The van der Waals surface area contributed by atoms with Gasteiger partial charge in [0, 0.05) is 18.0 Å². The molecule has 1 amide bonds. The molecule has 5 heteroatoms. The lowest BCUT2D eigenvalue weighted by Crippen LogP contribution is -2.41.